The van der Waals surface area contributed by atoms with Gasteiger partial charge in [-0.05, 0) is 54.6 Å². The number of benzene rings is 3. The summed E-state index contributed by atoms with van der Waals surface area (Å²) in [7, 11) is -2.44. The lowest BCUT2D eigenvalue weighted by molar-refractivity contribution is -0.113. The minimum atomic E-state index is -3.90. The molecule has 0 fully saturated rings. The first-order chi connectivity index (χ1) is 14.7. The fraction of sp³-hybridized carbons (Fsp3) is 0.0909. The summed E-state index contributed by atoms with van der Waals surface area (Å²) in [5.74, 6) is -1.57. The van der Waals surface area contributed by atoms with Crippen LogP contribution in [-0.2, 0) is 14.6 Å². The zero-order valence-corrected chi connectivity index (χ0v) is 18.6. The van der Waals surface area contributed by atoms with E-state index in [1.807, 2.05) is 0 Å². The molecule has 0 aliphatic heterocycles. The Hall–Kier alpha value is -2.87. The van der Waals surface area contributed by atoms with Crippen LogP contribution in [-0.4, -0.2) is 33.0 Å². The Morgan fingerprint density at radius 1 is 0.935 bits per heavy atom. The highest BCUT2D eigenvalue weighted by Gasteiger charge is 2.22. The molecule has 0 saturated carbocycles. The van der Waals surface area contributed by atoms with Crippen molar-refractivity contribution in [3.8, 4) is 5.75 Å². The molecule has 3 rings (SSSR count). The number of ether oxygens (including phenoxy) is 1. The van der Waals surface area contributed by atoms with E-state index in [4.69, 9.17) is 27.9 Å². The van der Waals surface area contributed by atoms with E-state index in [-0.39, 0.29) is 31.8 Å². The molecule has 1 N–H and O–H groups in total. The van der Waals surface area contributed by atoms with Crippen LogP contribution in [0.5, 0.6) is 5.75 Å². The van der Waals surface area contributed by atoms with Crippen LogP contribution in [0.15, 0.2) is 71.6 Å². The molecule has 3 aromatic rings. The molecule has 0 spiro atoms. The molecule has 0 saturated heterocycles. The minimum absolute atomic E-state index is 0.0214. The van der Waals surface area contributed by atoms with Gasteiger partial charge in [-0.25, -0.2) is 8.42 Å². The summed E-state index contributed by atoms with van der Waals surface area (Å²) in [4.78, 5) is 25.4. The second-order valence-corrected chi connectivity index (χ2v) is 9.31. The number of hydrogen-bond acceptors (Lipinski definition) is 5. The van der Waals surface area contributed by atoms with Crippen LogP contribution >= 0.6 is 23.2 Å². The van der Waals surface area contributed by atoms with Crippen LogP contribution in [0, 0.1) is 0 Å². The maximum Gasteiger partial charge on any atom is 0.239 e. The van der Waals surface area contributed by atoms with Crippen molar-refractivity contribution in [3.63, 3.8) is 0 Å². The molecule has 0 aliphatic rings. The second-order valence-electron chi connectivity index (χ2n) is 6.48. The van der Waals surface area contributed by atoms with Gasteiger partial charge >= 0.3 is 0 Å². The number of carbonyl (C=O) groups is 2. The lowest BCUT2D eigenvalue weighted by atomic mass is 10.0. The van der Waals surface area contributed by atoms with Gasteiger partial charge in [0.05, 0.1) is 22.7 Å². The van der Waals surface area contributed by atoms with Gasteiger partial charge in [0.1, 0.15) is 11.5 Å². The van der Waals surface area contributed by atoms with Crippen LogP contribution < -0.4 is 10.1 Å². The normalized spacial score (nSPS) is 11.1. The largest absolute Gasteiger partial charge is 0.497 e. The van der Waals surface area contributed by atoms with Crippen molar-refractivity contribution >= 4 is 50.4 Å². The van der Waals surface area contributed by atoms with Crippen molar-refractivity contribution in [2.45, 2.75) is 4.90 Å². The van der Waals surface area contributed by atoms with Gasteiger partial charge in [-0.3, -0.25) is 9.59 Å². The zero-order valence-electron chi connectivity index (χ0n) is 16.3. The Morgan fingerprint density at radius 2 is 1.61 bits per heavy atom. The van der Waals surface area contributed by atoms with Gasteiger partial charge in [0.25, 0.3) is 0 Å². The van der Waals surface area contributed by atoms with Crippen LogP contribution in [0.3, 0.4) is 0 Å². The third-order valence-corrected chi connectivity index (χ3v) is 6.56. The van der Waals surface area contributed by atoms with E-state index in [0.29, 0.717) is 5.75 Å². The average Bonchev–Trinajstić information content (AvgIpc) is 2.74. The predicted molar refractivity (Wildman–Crippen MR) is 120 cm³/mol. The Kier molecular flexibility index (Phi) is 7.00. The van der Waals surface area contributed by atoms with Gasteiger partial charge in [0.15, 0.2) is 15.6 Å². The lowest BCUT2D eigenvalue weighted by Gasteiger charge is -2.12. The van der Waals surface area contributed by atoms with Gasteiger partial charge in [-0.15, -0.1) is 0 Å². The Labute approximate surface area is 189 Å². The van der Waals surface area contributed by atoms with Crippen molar-refractivity contribution in [2.75, 3.05) is 18.2 Å². The molecule has 6 nitrogen and oxygen atoms in total. The maximum atomic E-state index is 13.0. The molecule has 3 aromatic carbocycles. The van der Waals surface area contributed by atoms with Gasteiger partial charge in [0.2, 0.25) is 5.91 Å². The Balaban J connectivity index is 1.84. The van der Waals surface area contributed by atoms with Gasteiger partial charge < -0.3 is 10.1 Å². The molecule has 0 unspecified atom stereocenters. The predicted octanol–water partition coefficient (Wildman–Crippen LogP) is 4.65. The highest BCUT2D eigenvalue weighted by molar-refractivity contribution is 7.92. The quantitative estimate of drug-likeness (QED) is 0.500. The van der Waals surface area contributed by atoms with Crippen molar-refractivity contribution in [1.82, 2.24) is 0 Å². The minimum Gasteiger partial charge on any atom is -0.497 e. The highest BCUT2D eigenvalue weighted by Crippen LogP contribution is 2.27. The van der Waals surface area contributed by atoms with Gasteiger partial charge in [0, 0.05) is 16.1 Å². The molecule has 0 aliphatic carbocycles. The first-order valence-corrected chi connectivity index (χ1v) is 11.4. The third kappa shape index (κ3) is 5.44. The van der Waals surface area contributed by atoms with E-state index in [9.17, 15) is 18.0 Å². The standard InChI is InChI=1S/C22H17Cl2NO5S/c1-30-15-7-9-16(10-8-15)31(28,29)13-21(26)25-20-11-6-14(23)12-18(20)22(27)17-4-2-3-5-19(17)24/h2-12H,13H2,1H3,(H,25,26). The van der Waals surface area contributed by atoms with Crippen LogP contribution in [0.25, 0.3) is 0 Å². The van der Waals surface area contributed by atoms with E-state index in [2.05, 4.69) is 5.32 Å². The number of rotatable bonds is 7. The molecule has 0 heterocycles. The number of nitrogens with one attached hydrogen (secondary N) is 1. The third-order valence-electron chi connectivity index (χ3n) is 4.36. The summed E-state index contributed by atoms with van der Waals surface area (Å²) in [6, 6.07) is 16.5. The van der Waals surface area contributed by atoms with E-state index in [1.165, 1.54) is 49.6 Å². The topological polar surface area (TPSA) is 89.5 Å². The summed E-state index contributed by atoms with van der Waals surface area (Å²) in [6.07, 6.45) is 0. The molecule has 0 radical (unpaired) electrons. The SMILES string of the molecule is COc1ccc(S(=O)(=O)CC(=O)Nc2ccc(Cl)cc2C(=O)c2ccccc2Cl)cc1. The van der Waals surface area contributed by atoms with Crippen molar-refractivity contribution in [2.24, 2.45) is 0 Å². The van der Waals surface area contributed by atoms with Crippen molar-refractivity contribution in [1.29, 1.82) is 0 Å². The Bertz CT molecular complexity index is 1240. The summed E-state index contributed by atoms with van der Waals surface area (Å²) < 4.78 is 30.1. The molecular formula is C22H17Cl2NO5S. The fourth-order valence-corrected chi connectivity index (χ4v) is 4.36. The van der Waals surface area contributed by atoms with Crippen LogP contribution in [0.2, 0.25) is 10.0 Å². The molecule has 9 heteroatoms. The molecule has 31 heavy (non-hydrogen) atoms. The number of methoxy groups -OCH3 is 1. The van der Waals surface area contributed by atoms with Crippen molar-refractivity contribution in [3.05, 3.63) is 87.9 Å². The lowest BCUT2D eigenvalue weighted by Crippen LogP contribution is -2.24. The first kappa shape index (κ1) is 22.8. The molecule has 0 bridgehead atoms. The monoisotopic (exact) mass is 477 g/mol. The fourth-order valence-electron chi connectivity index (χ4n) is 2.83. The molecule has 0 atom stereocenters. The van der Waals surface area contributed by atoms with Crippen LogP contribution in [0.4, 0.5) is 5.69 Å². The van der Waals surface area contributed by atoms with E-state index >= 15 is 0 Å². The number of carbonyl (C=O) groups excluding carboxylic acids is 2. The highest BCUT2D eigenvalue weighted by atomic mass is 35.5. The smallest absolute Gasteiger partial charge is 0.239 e. The van der Waals surface area contributed by atoms with Gasteiger partial charge in [-0.1, -0.05) is 35.3 Å². The van der Waals surface area contributed by atoms with E-state index in [1.54, 1.807) is 24.3 Å². The zero-order chi connectivity index (χ0) is 22.6. The number of sulfone groups is 1. The van der Waals surface area contributed by atoms with Crippen LogP contribution in [0.1, 0.15) is 15.9 Å². The van der Waals surface area contributed by atoms with Crippen molar-refractivity contribution < 1.29 is 22.7 Å². The van der Waals surface area contributed by atoms with E-state index in [0.717, 1.165) is 0 Å². The number of ketones is 1. The second kappa shape index (κ2) is 9.51. The van der Waals surface area contributed by atoms with Gasteiger partial charge in [-0.2, -0.15) is 0 Å². The molecule has 160 valence electrons. The Morgan fingerprint density at radius 3 is 2.26 bits per heavy atom. The summed E-state index contributed by atoms with van der Waals surface area (Å²) >= 11 is 12.1. The molecule has 1 amide bonds. The average molecular weight is 478 g/mol. The first-order valence-electron chi connectivity index (χ1n) is 8.97. The summed E-state index contributed by atoms with van der Waals surface area (Å²) in [5.41, 5.74) is 0.452. The van der Waals surface area contributed by atoms with E-state index < -0.39 is 27.3 Å². The summed E-state index contributed by atoms with van der Waals surface area (Å²) in [6.45, 7) is 0. The number of amides is 1. The molecule has 0 aromatic heterocycles. The number of anilines is 1. The number of halogens is 2. The number of hydrogen-bond donors (Lipinski definition) is 1. The maximum absolute atomic E-state index is 13.0. The summed E-state index contributed by atoms with van der Waals surface area (Å²) in [5, 5.41) is 3.01. The molecular weight excluding hydrogens is 461 g/mol.